The first-order valence-electron chi connectivity index (χ1n) is 10.1. The van der Waals surface area contributed by atoms with Crippen LogP contribution in [0.1, 0.15) is 48.9 Å². The Bertz CT molecular complexity index is 942. The Morgan fingerprint density at radius 1 is 1.11 bits per heavy atom. The van der Waals surface area contributed by atoms with Gasteiger partial charge in [0.15, 0.2) is 0 Å². The molecule has 3 aromatic rings. The Hall–Kier alpha value is -2.55. The van der Waals surface area contributed by atoms with Crippen molar-refractivity contribution in [1.82, 2.24) is 9.47 Å². The zero-order valence-electron chi connectivity index (χ0n) is 16.3. The van der Waals surface area contributed by atoms with E-state index in [0.717, 1.165) is 32.2 Å². The van der Waals surface area contributed by atoms with E-state index in [-0.39, 0.29) is 11.8 Å². The number of hydrogen-bond acceptors (Lipinski definition) is 1. The van der Waals surface area contributed by atoms with Gasteiger partial charge in [0.1, 0.15) is 0 Å². The summed E-state index contributed by atoms with van der Waals surface area (Å²) in [6, 6.07) is 18.9. The van der Waals surface area contributed by atoms with E-state index in [0.29, 0.717) is 6.54 Å². The van der Waals surface area contributed by atoms with Crippen molar-refractivity contribution in [3.63, 3.8) is 0 Å². The summed E-state index contributed by atoms with van der Waals surface area (Å²) in [5, 5.41) is 1.27. The topological polar surface area (TPSA) is 25.2 Å². The van der Waals surface area contributed by atoms with Gasteiger partial charge in [0.25, 0.3) is 0 Å². The summed E-state index contributed by atoms with van der Waals surface area (Å²) in [7, 11) is 1.94. The normalized spacial score (nSPS) is 16.3. The molecule has 3 nitrogen and oxygen atoms in total. The lowest BCUT2D eigenvalue weighted by Gasteiger charge is -2.28. The molecule has 0 fully saturated rings. The van der Waals surface area contributed by atoms with Crippen LogP contribution in [0.25, 0.3) is 10.9 Å². The quantitative estimate of drug-likeness (QED) is 0.619. The lowest BCUT2D eigenvalue weighted by molar-refractivity contribution is -0.132. The summed E-state index contributed by atoms with van der Waals surface area (Å²) in [6.45, 7) is 3.91. The van der Waals surface area contributed by atoms with E-state index < -0.39 is 0 Å². The number of para-hydroxylation sites is 1. The Labute approximate surface area is 161 Å². The van der Waals surface area contributed by atoms with Crippen LogP contribution < -0.4 is 0 Å². The highest BCUT2D eigenvalue weighted by atomic mass is 16.2. The first-order valence-corrected chi connectivity index (χ1v) is 10.1. The molecule has 1 heterocycles. The van der Waals surface area contributed by atoms with Crippen LogP contribution in [0.4, 0.5) is 0 Å². The molecule has 0 saturated carbocycles. The van der Waals surface area contributed by atoms with Gasteiger partial charge in [0.2, 0.25) is 5.91 Å². The number of aryl methyl sites for hydroxylation is 1. The first-order chi connectivity index (χ1) is 13.2. The standard InChI is InChI=1S/C24H28N2O/c1-3-16-26-21-14-8-7-12-19(21)23-20(13-9-15-22(23)26)24(27)25(2)17-18-10-5-4-6-11-18/h4-8,10-12,14,20H,3,9,13,15-17H2,1-2H3. The molecule has 1 aliphatic carbocycles. The van der Waals surface area contributed by atoms with Gasteiger partial charge in [-0.2, -0.15) is 0 Å². The fourth-order valence-corrected chi connectivity index (χ4v) is 4.59. The number of amides is 1. The monoisotopic (exact) mass is 360 g/mol. The lowest BCUT2D eigenvalue weighted by Crippen LogP contribution is -2.33. The van der Waals surface area contributed by atoms with E-state index >= 15 is 0 Å². The minimum atomic E-state index is -0.0227. The van der Waals surface area contributed by atoms with Crippen molar-refractivity contribution in [1.29, 1.82) is 0 Å². The molecular weight excluding hydrogens is 332 g/mol. The number of benzene rings is 2. The highest BCUT2D eigenvalue weighted by molar-refractivity contribution is 5.94. The maximum atomic E-state index is 13.4. The molecule has 1 aromatic heterocycles. The zero-order chi connectivity index (χ0) is 18.8. The van der Waals surface area contributed by atoms with Crippen LogP contribution in [0.5, 0.6) is 0 Å². The Kier molecular flexibility index (Phi) is 5.02. The minimum Gasteiger partial charge on any atom is -0.344 e. The fraction of sp³-hybridized carbons (Fsp3) is 0.375. The van der Waals surface area contributed by atoms with E-state index in [1.807, 2.05) is 30.1 Å². The van der Waals surface area contributed by atoms with E-state index in [1.54, 1.807) is 0 Å². The van der Waals surface area contributed by atoms with Crippen molar-refractivity contribution in [3.05, 3.63) is 71.4 Å². The van der Waals surface area contributed by atoms with Crippen LogP contribution in [0.2, 0.25) is 0 Å². The van der Waals surface area contributed by atoms with Gasteiger partial charge in [-0.3, -0.25) is 4.79 Å². The van der Waals surface area contributed by atoms with Crippen LogP contribution in [-0.4, -0.2) is 22.4 Å². The van der Waals surface area contributed by atoms with Gasteiger partial charge in [0.05, 0.1) is 5.92 Å². The second-order valence-electron chi connectivity index (χ2n) is 7.65. The van der Waals surface area contributed by atoms with Crippen molar-refractivity contribution < 1.29 is 4.79 Å². The predicted octanol–water partition coefficient (Wildman–Crippen LogP) is 5.13. The highest BCUT2D eigenvalue weighted by Crippen LogP contribution is 2.40. The van der Waals surface area contributed by atoms with Crippen LogP contribution in [-0.2, 0) is 24.3 Å². The van der Waals surface area contributed by atoms with Crippen molar-refractivity contribution in [2.45, 2.75) is 51.6 Å². The molecule has 4 rings (SSSR count). The molecule has 1 amide bonds. The molecule has 1 aliphatic rings. The molecule has 0 spiro atoms. The number of carbonyl (C=O) groups is 1. The lowest BCUT2D eigenvalue weighted by atomic mass is 9.84. The van der Waals surface area contributed by atoms with Gasteiger partial charge < -0.3 is 9.47 Å². The molecule has 27 heavy (non-hydrogen) atoms. The van der Waals surface area contributed by atoms with E-state index in [4.69, 9.17) is 0 Å². The van der Waals surface area contributed by atoms with Crippen molar-refractivity contribution >= 4 is 16.8 Å². The Morgan fingerprint density at radius 2 is 1.85 bits per heavy atom. The largest absolute Gasteiger partial charge is 0.344 e. The number of hydrogen-bond donors (Lipinski definition) is 0. The van der Waals surface area contributed by atoms with E-state index in [1.165, 1.54) is 27.7 Å². The third-order valence-corrected chi connectivity index (χ3v) is 5.76. The molecule has 0 radical (unpaired) electrons. The number of aromatic nitrogens is 1. The third-order valence-electron chi connectivity index (χ3n) is 5.76. The highest BCUT2D eigenvalue weighted by Gasteiger charge is 2.33. The zero-order valence-corrected chi connectivity index (χ0v) is 16.3. The van der Waals surface area contributed by atoms with Crippen molar-refractivity contribution in [2.75, 3.05) is 7.05 Å². The maximum absolute atomic E-state index is 13.4. The van der Waals surface area contributed by atoms with Crippen LogP contribution in [0, 0.1) is 0 Å². The number of likely N-dealkylation sites (N-methyl/N-ethyl adjacent to an activating group) is 1. The predicted molar refractivity (Wildman–Crippen MR) is 111 cm³/mol. The molecule has 140 valence electrons. The molecule has 0 N–H and O–H groups in total. The van der Waals surface area contributed by atoms with Crippen molar-refractivity contribution in [2.24, 2.45) is 0 Å². The van der Waals surface area contributed by atoms with Gasteiger partial charge in [-0.15, -0.1) is 0 Å². The SMILES string of the molecule is CCCn1c2c(c3ccccc31)C(C(=O)N(C)Cc1ccccc1)CCC2. The van der Waals surface area contributed by atoms with Gasteiger partial charge in [-0.1, -0.05) is 55.5 Å². The van der Waals surface area contributed by atoms with Gasteiger partial charge in [-0.05, 0) is 42.9 Å². The number of rotatable bonds is 5. The summed E-state index contributed by atoms with van der Waals surface area (Å²) in [6.07, 6.45) is 4.22. The molecule has 1 atom stereocenters. The second kappa shape index (κ2) is 7.59. The Balaban J connectivity index is 1.70. The summed E-state index contributed by atoms with van der Waals surface area (Å²) in [4.78, 5) is 15.3. The number of nitrogens with zero attached hydrogens (tertiary/aromatic N) is 2. The van der Waals surface area contributed by atoms with Gasteiger partial charge in [-0.25, -0.2) is 0 Å². The van der Waals surface area contributed by atoms with Crippen LogP contribution >= 0.6 is 0 Å². The molecule has 0 aliphatic heterocycles. The van der Waals surface area contributed by atoms with Crippen molar-refractivity contribution in [3.8, 4) is 0 Å². The van der Waals surface area contributed by atoms with E-state index in [9.17, 15) is 4.79 Å². The van der Waals surface area contributed by atoms with Gasteiger partial charge in [0, 0.05) is 36.7 Å². The van der Waals surface area contributed by atoms with E-state index in [2.05, 4.69) is 47.9 Å². The molecule has 0 bridgehead atoms. The van der Waals surface area contributed by atoms with Crippen LogP contribution in [0.3, 0.4) is 0 Å². The summed E-state index contributed by atoms with van der Waals surface area (Å²) >= 11 is 0. The number of fused-ring (bicyclic) bond motifs is 3. The average Bonchev–Trinajstić information content (AvgIpc) is 3.03. The molecule has 2 aromatic carbocycles. The molecule has 3 heteroatoms. The molecule has 1 unspecified atom stereocenters. The molecular formula is C24H28N2O. The van der Waals surface area contributed by atoms with Gasteiger partial charge >= 0.3 is 0 Å². The summed E-state index contributed by atoms with van der Waals surface area (Å²) in [5.41, 5.74) is 5.14. The summed E-state index contributed by atoms with van der Waals surface area (Å²) in [5.74, 6) is 0.227. The Morgan fingerprint density at radius 3 is 2.63 bits per heavy atom. The fourth-order valence-electron chi connectivity index (χ4n) is 4.59. The number of carbonyl (C=O) groups excluding carboxylic acids is 1. The smallest absolute Gasteiger partial charge is 0.230 e. The third kappa shape index (κ3) is 3.27. The first kappa shape index (κ1) is 17.8. The molecule has 0 saturated heterocycles. The average molecular weight is 361 g/mol. The van der Waals surface area contributed by atoms with Crippen LogP contribution in [0.15, 0.2) is 54.6 Å². The maximum Gasteiger partial charge on any atom is 0.230 e. The minimum absolute atomic E-state index is 0.0227. The summed E-state index contributed by atoms with van der Waals surface area (Å²) < 4.78 is 2.46. The second-order valence-corrected chi connectivity index (χ2v) is 7.65.